The van der Waals surface area contributed by atoms with E-state index in [0.717, 1.165) is 36.8 Å². The Morgan fingerprint density at radius 3 is 2.18 bits per heavy atom. The van der Waals surface area contributed by atoms with Crippen LogP contribution in [0.2, 0.25) is 0 Å². The van der Waals surface area contributed by atoms with Crippen molar-refractivity contribution < 1.29 is 18.4 Å². The molecule has 0 saturated heterocycles. The van der Waals surface area contributed by atoms with E-state index < -0.39 is 13.0 Å². The molecular weight excluding hydrogens is 303 g/mol. The fourth-order valence-electron chi connectivity index (χ4n) is 2.78. The first-order valence-corrected chi connectivity index (χ1v) is 9.51. The second kappa shape index (κ2) is 8.10. The van der Waals surface area contributed by atoms with E-state index in [1.165, 1.54) is 0 Å². The lowest BCUT2D eigenvalue weighted by Gasteiger charge is -2.29. The molecule has 0 bridgehead atoms. The van der Waals surface area contributed by atoms with E-state index in [4.69, 9.17) is 9.05 Å². The summed E-state index contributed by atoms with van der Waals surface area (Å²) in [7, 11) is -3.78. The molecule has 0 spiro atoms. The van der Waals surface area contributed by atoms with Gasteiger partial charge in [-0.25, -0.2) is 4.57 Å². The summed E-state index contributed by atoms with van der Waals surface area (Å²) in [5.74, 6) is 0. The Morgan fingerprint density at radius 1 is 1.27 bits per heavy atom. The Bertz CT molecular complexity index is 480. The molecule has 6 nitrogen and oxygen atoms in total. The lowest BCUT2D eigenvalue weighted by Crippen LogP contribution is -2.37. The molecule has 0 aromatic carbocycles. The molecule has 0 amide bonds. The topological polar surface area (TPSA) is 85.4 Å². The first kappa shape index (κ1) is 19.2. The zero-order valence-corrected chi connectivity index (χ0v) is 14.9. The van der Waals surface area contributed by atoms with Crippen molar-refractivity contribution in [1.82, 2.24) is 0 Å². The van der Waals surface area contributed by atoms with Crippen LogP contribution in [0, 0.1) is 22.0 Å². The molecule has 0 aromatic heterocycles. The molecule has 0 unspecified atom stereocenters. The minimum absolute atomic E-state index is 0.0573. The van der Waals surface area contributed by atoms with Gasteiger partial charge in [0.1, 0.15) is 5.41 Å². The summed E-state index contributed by atoms with van der Waals surface area (Å²) in [6, 6.07) is 1.81. The van der Waals surface area contributed by atoms with Crippen LogP contribution in [0.1, 0.15) is 59.8 Å². The largest absolute Gasteiger partial charge is 0.623 e. The minimum Gasteiger partial charge on any atom is -0.623 e. The normalized spacial score (nSPS) is 18.7. The van der Waals surface area contributed by atoms with E-state index in [0.29, 0.717) is 0 Å². The van der Waals surface area contributed by atoms with Crippen LogP contribution in [0.15, 0.2) is 0 Å². The van der Waals surface area contributed by atoms with Gasteiger partial charge in [-0.1, -0.05) is 6.42 Å². The van der Waals surface area contributed by atoms with E-state index in [9.17, 15) is 15.0 Å². The third-order valence-corrected chi connectivity index (χ3v) is 6.28. The van der Waals surface area contributed by atoms with E-state index in [2.05, 4.69) is 6.07 Å². The summed E-state index contributed by atoms with van der Waals surface area (Å²) in [6.07, 6.45) is 4.53. The molecule has 126 valence electrons. The van der Waals surface area contributed by atoms with Crippen LogP contribution in [-0.2, 0) is 13.6 Å². The number of nitriles is 1. The standard InChI is InChI=1S/C15H27N2O4P/c1-5-20-22(19,21-6-2)14(15(3,4)12-16)17(18)13-10-8-7-9-11-13/h13H,5-11H2,1-4H3/b17-14+. The van der Waals surface area contributed by atoms with Crippen LogP contribution in [0.3, 0.4) is 0 Å². The molecule has 1 rings (SSSR count). The molecule has 1 aliphatic rings. The van der Waals surface area contributed by atoms with Gasteiger partial charge < -0.3 is 14.3 Å². The second-order valence-electron chi connectivity index (χ2n) is 6.01. The van der Waals surface area contributed by atoms with E-state index in [-0.39, 0.29) is 24.7 Å². The van der Waals surface area contributed by atoms with Crippen molar-refractivity contribution >= 4 is 13.0 Å². The highest BCUT2D eigenvalue weighted by molar-refractivity contribution is 7.72. The average Bonchev–Trinajstić information content (AvgIpc) is 2.48. The smallest absolute Gasteiger partial charge is 0.422 e. The molecule has 0 radical (unpaired) electrons. The molecule has 22 heavy (non-hydrogen) atoms. The highest BCUT2D eigenvalue weighted by Crippen LogP contribution is 2.54. The van der Waals surface area contributed by atoms with Gasteiger partial charge in [-0.05, 0) is 40.5 Å². The van der Waals surface area contributed by atoms with Crippen molar-refractivity contribution in [1.29, 1.82) is 5.26 Å². The summed E-state index contributed by atoms with van der Waals surface area (Å²) in [6.45, 7) is 6.86. The van der Waals surface area contributed by atoms with Crippen LogP contribution < -0.4 is 0 Å². The van der Waals surface area contributed by atoms with E-state index in [1.54, 1.807) is 27.7 Å². The highest BCUT2D eigenvalue weighted by Gasteiger charge is 2.50. The van der Waals surface area contributed by atoms with Crippen molar-refractivity contribution in [2.75, 3.05) is 13.2 Å². The number of hydroxylamine groups is 1. The average molecular weight is 330 g/mol. The van der Waals surface area contributed by atoms with Crippen molar-refractivity contribution in [2.24, 2.45) is 5.41 Å². The highest BCUT2D eigenvalue weighted by atomic mass is 31.2. The maximum absolute atomic E-state index is 13.1. The Kier molecular flexibility index (Phi) is 7.05. The maximum Gasteiger partial charge on any atom is 0.422 e. The summed E-state index contributed by atoms with van der Waals surface area (Å²) in [5, 5.41) is 22.3. The van der Waals surface area contributed by atoms with Gasteiger partial charge in [-0.3, -0.25) is 0 Å². The lowest BCUT2D eigenvalue weighted by atomic mass is 9.94. The van der Waals surface area contributed by atoms with Gasteiger partial charge in [-0.15, -0.1) is 0 Å². The molecule has 0 heterocycles. The molecule has 1 fully saturated rings. The van der Waals surface area contributed by atoms with Crippen molar-refractivity contribution in [3.63, 3.8) is 0 Å². The predicted molar refractivity (Wildman–Crippen MR) is 85.8 cm³/mol. The van der Waals surface area contributed by atoms with E-state index in [1.807, 2.05) is 0 Å². The van der Waals surface area contributed by atoms with Crippen LogP contribution >= 0.6 is 7.60 Å². The second-order valence-corrected chi connectivity index (χ2v) is 7.95. The monoisotopic (exact) mass is 330 g/mol. The van der Waals surface area contributed by atoms with Crippen molar-refractivity contribution in [2.45, 2.75) is 65.8 Å². The van der Waals surface area contributed by atoms with Crippen molar-refractivity contribution in [3.8, 4) is 6.07 Å². The minimum atomic E-state index is -3.78. The number of nitrogens with zero attached hydrogens (tertiary/aromatic N) is 2. The zero-order chi connectivity index (χ0) is 16.8. The van der Waals surface area contributed by atoms with Gasteiger partial charge >= 0.3 is 7.60 Å². The molecule has 0 N–H and O–H groups in total. The van der Waals surface area contributed by atoms with Crippen LogP contribution in [0.5, 0.6) is 0 Å². The molecule has 1 saturated carbocycles. The SMILES string of the molecule is CCOP(=O)(OCC)/C(=[N+](/[O-])C1CCCCC1)C(C)(C)C#N. The summed E-state index contributed by atoms with van der Waals surface area (Å²) in [5.41, 5.74) is -1.27. The zero-order valence-electron chi connectivity index (χ0n) is 14.0. The summed E-state index contributed by atoms with van der Waals surface area (Å²) >= 11 is 0. The first-order chi connectivity index (χ1) is 10.3. The number of hydrogen-bond donors (Lipinski definition) is 0. The Labute approximate surface area is 133 Å². The number of rotatable bonds is 7. The summed E-state index contributed by atoms with van der Waals surface area (Å²) < 4.78 is 24.6. The Balaban J connectivity index is 3.39. The van der Waals surface area contributed by atoms with Crippen molar-refractivity contribution in [3.05, 3.63) is 5.21 Å². The van der Waals surface area contributed by atoms with Gasteiger partial charge in [0, 0.05) is 12.8 Å². The third kappa shape index (κ3) is 4.32. The van der Waals surface area contributed by atoms with Gasteiger partial charge in [0.05, 0.1) is 19.3 Å². The number of hydrogen-bond acceptors (Lipinski definition) is 5. The fourth-order valence-corrected chi connectivity index (χ4v) is 4.91. The van der Waals surface area contributed by atoms with Crippen LogP contribution in [0.25, 0.3) is 0 Å². The molecular formula is C15H27N2O4P. The molecule has 0 atom stereocenters. The maximum atomic E-state index is 13.1. The molecule has 0 aromatic rings. The van der Waals surface area contributed by atoms with Gasteiger partial charge in [0.25, 0.3) is 5.45 Å². The molecule has 1 aliphatic carbocycles. The fraction of sp³-hybridized carbons (Fsp3) is 0.867. The first-order valence-electron chi connectivity index (χ1n) is 7.97. The third-order valence-electron chi connectivity index (χ3n) is 3.81. The van der Waals surface area contributed by atoms with Gasteiger partial charge in [0.15, 0.2) is 6.04 Å². The van der Waals surface area contributed by atoms with Crippen LogP contribution in [0.4, 0.5) is 0 Å². The lowest BCUT2D eigenvalue weighted by molar-refractivity contribution is -0.506. The molecule has 0 aliphatic heterocycles. The Hall–Kier alpha value is -0.890. The summed E-state index contributed by atoms with van der Waals surface area (Å²) in [4.78, 5) is 0. The Morgan fingerprint density at radius 2 is 1.77 bits per heavy atom. The quantitative estimate of drug-likeness (QED) is 0.231. The van der Waals surface area contributed by atoms with Gasteiger partial charge in [0.2, 0.25) is 0 Å². The predicted octanol–water partition coefficient (Wildman–Crippen LogP) is 4.04. The van der Waals surface area contributed by atoms with E-state index >= 15 is 0 Å². The molecule has 7 heteroatoms. The van der Waals surface area contributed by atoms with Gasteiger partial charge in [-0.2, -0.15) is 10.0 Å². The van der Waals surface area contributed by atoms with Crippen LogP contribution in [-0.4, -0.2) is 29.4 Å².